The first-order chi connectivity index (χ1) is 14.6. The first-order valence-corrected chi connectivity index (χ1v) is 10.6. The molecule has 152 valence electrons. The summed E-state index contributed by atoms with van der Waals surface area (Å²) in [4.78, 5) is 15.3. The lowest BCUT2D eigenvalue weighted by Gasteiger charge is -2.16. The molecule has 1 atom stereocenters. The summed E-state index contributed by atoms with van der Waals surface area (Å²) in [7, 11) is 0. The highest BCUT2D eigenvalue weighted by molar-refractivity contribution is 6.38. The van der Waals surface area contributed by atoms with Crippen LogP contribution in [0.4, 0.5) is 11.4 Å². The quantitative estimate of drug-likeness (QED) is 0.544. The molecule has 1 saturated heterocycles. The van der Waals surface area contributed by atoms with Crippen LogP contribution in [0.25, 0.3) is 11.6 Å². The van der Waals surface area contributed by atoms with Gasteiger partial charge >= 0.3 is 0 Å². The van der Waals surface area contributed by atoms with Crippen LogP contribution in [0.3, 0.4) is 0 Å². The molecule has 2 aromatic carbocycles. The second-order valence-electron chi connectivity index (χ2n) is 8.12. The summed E-state index contributed by atoms with van der Waals surface area (Å²) in [6.07, 6.45) is 4.60. The van der Waals surface area contributed by atoms with Gasteiger partial charge in [-0.15, -0.1) is 0 Å². The van der Waals surface area contributed by atoms with E-state index in [2.05, 4.69) is 30.6 Å². The Balaban J connectivity index is 1.55. The van der Waals surface area contributed by atoms with Crippen molar-refractivity contribution in [3.05, 3.63) is 83.2 Å². The van der Waals surface area contributed by atoms with Gasteiger partial charge in [0.25, 0.3) is 5.91 Å². The van der Waals surface area contributed by atoms with Crippen molar-refractivity contribution in [3.8, 4) is 0 Å². The van der Waals surface area contributed by atoms with Crippen LogP contribution in [-0.2, 0) is 16.1 Å². The molecule has 3 aromatic rings. The van der Waals surface area contributed by atoms with Crippen molar-refractivity contribution in [1.29, 1.82) is 0 Å². The van der Waals surface area contributed by atoms with Crippen molar-refractivity contribution in [2.45, 2.75) is 39.3 Å². The zero-order valence-electron chi connectivity index (χ0n) is 17.5. The predicted molar refractivity (Wildman–Crippen MR) is 121 cm³/mol. The molecular weight excluding hydrogens is 372 g/mol. The summed E-state index contributed by atoms with van der Waals surface area (Å²) in [5.41, 5.74) is 7.03. The topological polar surface area (TPSA) is 34.5 Å². The molecule has 1 aromatic heterocycles. The third-order valence-electron chi connectivity index (χ3n) is 6.21. The van der Waals surface area contributed by atoms with Crippen molar-refractivity contribution in [2.24, 2.45) is 0 Å². The van der Waals surface area contributed by atoms with Gasteiger partial charge in [0.2, 0.25) is 0 Å². The number of aryl methyl sites for hydroxylation is 1. The van der Waals surface area contributed by atoms with Crippen molar-refractivity contribution < 1.29 is 9.53 Å². The Bertz CT molecular complexity index is 1120. The molecule has 0 unspecified atom stereocenters. The molecule has 0 saturated carbocycles. The molecular formula is C26H26N2O2. The van der Waals surface area contributed by atoms with Crippen molar-refractivity contribution in [2.75, 3.05) is 11.5 Å². The van der Waals surface area contributed by atoms with Crippen molar-refractivity contribution in [3.63, 3.8) is 0 Å². The Morgan fingerprint density at radius 2 is 1.83 bits per heavy atom. The molecule has 0 spiro atoms. The lowest BCUT2D eigenvalue weighted by atomic mass is 10.0. The van der Waals surface area contributed by atoms with Crippen LogP contribution in [-0.4, -0.2) is 23.2 Å². The smallest absolute Gasteiger partial charge is 0.263 e. The highest BCUT2D eigenvalue weighted by Gasteiger charge is 2.33. The van der Waals surface area contributed by atoms with E-state index in [-0.39, 0.29) is 12.0 Å². The van der Waals surface area contributed by atoms with E-state index in [9.17, 15) is 4.79 Å². The Morgan fingerprint density at radius 3 is 2.60 bits per heavy atom. The maximum Gasteiger partial charge on any atom is 0.263 e. The molecule has 0 N–H and O–H groups in total. The van der Waals surface area contributed by atoms with Gasteiger partial charge in [-0.3, -0.25) is 9.69 Å². The summed E-state index contributed by atoms with van der Waals surface area (Å²) in [5, 5.41) is 0. The number of anilines is 2. The number of aromatic nitrogens is 1. The number of nitrogens with zero attached hydrogens (tertiary/aromatic N) is 2. The third kappa shape index (κ3) is 3.17. The summed E-state index contributed by atoms with van der Waals surface area (Å²) >= 11 is 0. The molecule has 1 amide bonds. The van der Waals surface area contributed by atoms with Gasteiger partial charge in [-0.1, -0.05) is 36.4 Å². The summed E-state index contributed by atoms with van der Waals surface area (Å²) in [5.74, 6) is 0.0197. The zero-order valence-corrected chi connectivity index (χ0v) is 17.5. The molecule has 3 heterocycles. The average Bonchev–Trinajstić information content (AvgIpc) is 3.44. The fourth-order valence-electron chi connectivity index (χ4n) is 4.62. The second kappa shape index (κ2) is 7.62. The number of amides is 1. The summed E-state index contributed by atoms with van der Waals surface area (Å²) in [6.45, 7) is 6.00. The maximum atomic E-state index is 13.5. The van der Waals surface area contributed by atoms with Crippen LogP contribution in [0.1, 0.15) is 35.4 Å². The van der Waals surface area contributed by atoms with E-state index in [0.29, 0.717) is 0 Å². The van der Waals surface area contributed by atoms with Crippen LogP contribution < -0.4 is 4.90 Å². The van der Waals surface area contributed by atoms with E-state index in [1.807, 2.05) is 59.5 Å². The number of para-hydroxylation sites is 2. The van der Waals surface area contributed by atoms with Gasteiger partial charge in [0.15, 0.2) is 0 Å². The van der Waals surface area contributed by atoms with Gasteiger partial charge < -0.3 is 9.30 Å². The molecule has 0 aliphatic carbocycles. The molecule has 0 radical (unpaired) electrons. The van der Waals surface area contributed by atoms with Gasteiger partial charge in [-0.25, -0.2) is 0 Å². The lowest BCUT2D eigenvalue weighted by Crippen LogP contribution is -2.20. The zero-order chi connectivity index (χ0) is 20.7. The van der Waals surface area contributed by atoms with Crippen LogP contribution in [0.15, 0.2) is 60.7 Å². The van der Waals surface area contributed by atoms with Crippen molar-refractivity contribution >= 4 is 28.9 Å². The van der Waals surface area contributed by atoms with E-state index >= 15 is 0 Å². The Labute approximate surface area is 177 Å². The van der Waals surface area contributed by atoms with Gasteiger partial charge in [0.05, 0.1) is 17.4 Å². The van der Waals surface area contributed by atoms with Crippen LogP contribution >= 0.6 is 0 Å². The number of hydrogen-bond donors (Lipinski definition) is 0. The fourth-order valence-corrected chi connectivity index (χ4v) is 4.62. The molecule has 30 heavy (non-hydrogen) atoms. The summed E-state index contributed by atoms with van der Waals surface area (Å²) < 4.78 is 8.16. The first-order valence-electron chi connectivity index (χ1n) is 10.6. The Kier molecular flexibility index (Phi) is 4.80. The lowest BCUT2D eigenvalue weighted by molar-refractivity contribution is -0.112. The molecule has 4 nitrogen and oxygen atoms in total. The largest absolute Gasteiger partial charge is 0.376 e. The minimum atomic E-state index is 0.0197. The molecule has 2 aliphatic rings. The van der Waals surface area contributed by atoms with E-state index in [0.717, 1.165) is 54.1 Å². The minimum Gasteiger partial charge on any atom is -0.376 e. The van der Waals surface area contributed by atoms with Crippen LogP contribution in [0.5, 0.6) is 0 Å². The number of rotatable bonds is 4. The van der Waals surface area contributed by atoms with Gasteiger partial charge in [0.1, 0.15) is 0 Å². The first kappa shape index (κ1) is 18.9. The number of benzene rings is 2. The monoisotopic (exact) mass is 398 g/mol. The normalized spacial score (nSPS) is 19.7. The SMILES string of the molecule is Cc1cc(/C=C2/C(=O)N(c3ccccc3)c3ccccc32)c(C)n1C[C@@H]1CCCO1. The molecule has 0 bridgehead atoms. The molecule has 2 aliphatic heterocycles. The number of hydrogen-bond acceptors (Lipinski definition) is 2. The molecule has 4 heteroatoms. The van der Waals surface area contributed by atoms with Gasteiger partial charge in [-0.05, 0) is 62.6 Å². The van der Waals surface area contributed by atoms with Crippen LogP contribution in [0, 0.1) is 13.8 Å². The number of carbonyl (C=O) groups excluding carboxylic acids is 1. The standard InChI is InChI=1S/C26H26N2O2/c1-18-15-20(19(2)27(18)17-22-11-8-14-30-22)16-24-23-12-6-7-13-25(23)28(26(24)29)21-9-4-3-5-10-21/h3-7,9-10,12-13,15-16,22H,8,11,14,17H2,1-2H3/b24-16+/t22-/m0/s1. The highest BCUT2D eigenvalue weighted by atomic mass is 16.5. The second-order valence-corrected chi connectivity index (χ2v) is 8.12. The maximum absolute atomic E-state index is 13.5. The number of carbonyl (C=O) groups is 1. The van der Waals surface area contributed by atoms with E-state index in [1.165, 1.54) is 11.4 Å². The third-order valence-corrected chi connectivity index (χ3v) is 6.21. The summed E-state index contributed by atoms with van der Waals surface area (Å²) in [6, 6.07) is 20.1. The minimum absolute atomic E-state index is 0.0197. The van der Waals surface area contributed by atoms with E-state index in [1.54, 1.807) is 0 Å². The number of fused-ring (bicyclic) bond motifs is 1. The van der Waals surface area contributed by atoms with Gasteiger partial charge in [0, 0.05) is 35.8 Å². The molecule has 1 fully saturated rings. The average molecular weight is 399 g/mol. The van der Waals surface area contributed by atoms with E-state index in [4.69, 9.17) is 4.74 Å². The predicted octanol–water partition coefficient (Wildman–Crippen LogP) is 5.50. The van der Waals surface area contributed by atoms with Crippen molar-refractivity contribution in [1.82, 2.24) is 4.57 Å². The Hall–Kier alpha value is -3.11. The number of ether oxygens (including phenoxy) is 1. The fraction of sp³-hybridized carbons (Fsp3) is 0.269. The van der Waals surface area contributed by atoms with E-state index < -0.39 is 0 Å². The van der Waals surface area contributed by atoms with Crippen LogP contribution in [0.2, 0.25) is 0 Å². The Morgan fingerprint density at radius 1 is 1.07 bits per heavy atom. The van der Waals surface area contributed by atoms with Gasteiger partial charge in [-0.2, -0.15) is 0 Å². The molecule has 5 rings (SSSR count). The highest BCUT2D eigenvalue weighted by Crippen LogP contribution is 2.42.